The van der Waals surface area contributed by atoms with Crippen molar-refractivity contribution in [2.75, 3.05) is 5.75 Å². The second kappa shape index (κ2) is 18.2. The van der Waals surface area contributed by atoms with Gasteiger partial charge in [-0.2, -0.15) is 0 Å². The van der Waals surface area contributed by atoms with Crippen LogP contribution >= 0.6 is 11.8 Å². The molecule has 8 rings (SSSR count). The molecule has 1 saturated heterocycles. The lowest BCUT2D eigenvalue weighted by molar-refractivity contribution is -0.268. The Balaban J connectivity index is 1.03. The summed E-state index contributed by atoms with van der Waals surface area (Å²) in [7, 11) is 0. The van der Waals surface area contributed by atoms with Crippen LogP contribution in [0.1, 0.15) is 51.9 Å². The van der Waals surface area contributed by atoms with E-state index in [9.17, 15) is 31.9 Å². The van der Waals surface area contributed by atoms with E-state index in [1.165, 1.54) is 11.8 Å². The number of aliphatic hydroxyl groups excluding tert-OH is 1. The van der Waals surface area contributed by atoms with Gasteiger partial charge in [0.1, 0.15) is 11.3 Å². The van der Waals surface area contributed by atoms with Crippen molar-refractivity contribution >= 4 is 17.7 Å². The molecule has 0 spiro atoms. The standard InChI is InChI=1S/C48H37F5N2O5S/c1-27-36(26-61-48-55-43(30-10-4-2-5-11-30)45(60-48)31-12-6-3-7-13-31)58-47(59-44(27)32-18-16-28(25-56)17-19-32)33-22-20-29(21-23-33)35-15-9-8-14-34(35)24-54-46(57)37-38(49)40(51)42(53)41(52)39(37)50/h2-23,27,36,44,47,56H,24-26H2,1H3,(H,54,57)/t27-,36+,44+,47+/m1/s1. The molecule has 1 aliphatic heterocycles. The minimum atomic E-state index is -2.35. The summed E-state index contributed by atoms with van der Waals surface area (Å²) in [4.78, 5) is 17.6. The van der Waals surface area contributed by atoms with Gasteiger partial charge in [-0.3, -0.25) is 4.79 Å². The molecule has 7 aromatic rings. The Morgan fingerprint density at radius 2 is 1.28 bits per heavy atom. The number of hydrogen-bond acceptors (Lipinski definition) is 7. The molecule has 310 valence electrons. The molecular weight excluding hydrogens is 812 g/mol. The van der Waals surface area contributed by atoms with Crippen LogP contribution in [-0.4, -0.2) is 27.9 Å². The van der Waals surface area contributed by atoms with E-state index >= 15 is 0 Å². The zero-order valence-electron chi connectivity index (χ0n) is 32.5. The third kappa shape index (κ3) is 8.73. The Hall–Kier alpha value is -6.12. The highest BCUT2D eigenvalue weighted by molar-refractivity contribution is 7.99. The molecule has 1 fully saturated rings. The van der Waals surface area contributed by atoms with Crippen molar-refractivity contribution < 1.29 is 45.7 Å². The predicted molar refractivity (Wildman–Crippen MR) is 220 cm³/mol. The van der Waals surface area contributed by atoms with Crippen molar-refractivity contribution in [3.05, 3.63) is 190 Å². The Morgan fingerprint density at radius 3 is 1.93 bits per heavy atom. The Kier molecular flexibility index (Phi) is 12.4. The van der Waals surface area contributed by atoms with Gasteiger partial charge < -0.3 is 24.3 Å². The molecule has 2 N–H and O–H groups in total. The van der Waals surface area contributed by atoms with Crippen molar-refractivity contribution in [3.63, 3.8) is 0 Å². The molecule has 0 aliphatic carbocycles. The number of nitrogens with one attached hydrogen (secondary N) is 1. The van der Waals surface area contributed by atoms with Crippen LogP contribution < -0.4 is 5.32 Å². The maximum absolute atomic E-state index is 14.3. The van der Waals surface area contributed by atoms with Crippen LogP contribution in [0.3, 0.4) is 0 Å². The van der Waals surface area contributed by atoms with Gasteiger partial charge in [-0.15, -0.1) is 0 Å². The van der Waals surface area contributed by atoms with E-state index in [2.05, 4.69) is 12.2 Å². The molecule has 2 heterocycles. The number of nitrogens with zero attached hydrogens (tertiary/aromatic N) is 1. The number of aromatic nitrogens is 1. The van der Waals surface area contributed by atoms with Gasteiger partial charge >= 0.3 is 0 Å². The van der Waals surface area contributed by atoms with E-state index in [4.69, 9.17) is 18.9 Å². The largest absolute Gasteiger partial charge is 0.431 e. The van der Waals surface area contributed by atoms with Crippen LogP contribution in [-0.2, 0) is 22.6 Å². The van der Waals surface area contributed by atoms with Gasteiger partial charge in [0, 0.05) is 34.9 Å². The summed E-state index contributed by atoms with van der Waals surface area (Å²) in [6.45, 7) is 1.70. The fourth-order valence-corrected chi connectivity index (χ4v) is 8.23. The van der Waals surface area contributed by atoms with E-state index in [0.717, 1.165) is 27.9 Å². The highest BCUT2D eigenvalue weighted by Gasteiger charge is 2.39. The zero-order chi connectivity index (χ0) is 42.6. The molecular formula is C48H37F5N2O5S. The topological polar surface area (TPSA) is 93.8 Å². The van der Waals surface area contributed by atoms with Gasteiger partial charge in [0.15, 0.2) is 35.3 Å². The second-order valence-electron chi connectivity index (χ2n) is 14.4. The van der Waals surface area contributed by atoms with Gasteiger partial charge in [0.05, 0.1) is 18.8 Å². The van der Waals surface area contributed by atoms with Gasteiger partial charge in [-0.1, -0.05) is 152 Å². The number of amides is 1. The Labute approximate surface area is 352 Å². The Bertz CT molecular complexity index is 2560. The summed E-state index contributed by atoms with van der Waals surface area (Å²) in [6.07, 6.45) is -1.51. The summed E-state index contributed by atoms with van der Waals surface area (Å²) >= 11 is 1.45. The molecule has 0 bridgehead atoms. The highest BCUT2D eigenvalue weighted by Crippen LogP contribution is 2.44. The molecule has 1 amide bonds. The van der Waals surface area contributed by atoms with Crippen molar-refractivity contribution in [1.82, 2.24) is 10.3 Å². The highest BCUT2D eigenvalue weighted by atomic mass is 32.2. The maximum Gasteiger partial charge on any atom is 0.257 e. The number of oxazole rings is 1. The van der Waals surface area contributed by atoms with E-state index in [1.807, 2.05) is 109 Å². The molecule has 6 aromatic carbocycles. The quantitative estimate of drug-likeness (QED) is 0.0547. The lowest BCUT2D eigenvalue weighted by atomic mass is 9.91. The van der Waals surface area contributed by atoms with Crippen molar-refractivity contribution in [2.24, 2.45) is 5.92 Å². The first-order valence-corrected chi connectivity index (χ1v) is 20.3. The van der Waals surface area contributed by atoms with Gasteiger partial charge in [-0.25, -0.2) is 26.9 Å². The first-order valence-electron chi connectivity index (χ1n) is 19.3. The van der Waals surface area contributed by atoms with Crippen LogP contribution in [0.5, 0.6) is 0 Å². The molecule has 4 atom stereocenters. The molecule has 7 nitrogen and oxygen atoms in total. The lowest BCUT2D eigenvalue weighted by Crippen LogP contribution is -2.38. The van der Waals surface area contributed by atoms with Crippen molar-refractivity contribution in [1.29, 1.82) is 0 Å². The van der Waals surface area contributed by atoms with Gasteiger partial charge in [0.2, 0.25) is 5.82 Å². The van der Waals surface area contributed by atoms with Gasteiger partial charge in [-0.05, 0) is 27.8 Å². The summed E-state index contributed by atoms with van der Waals surface area (Å²) < 4.78 is 89.7. The smallest absolute Gasteiger partial charge is 0.257 e. The Morgan fingerprint density at radius 1 is 0.689 bits per heavy atom. The first kappa shape index (κ1) is 41.6. The third-order valence-electron chi connectivity index (χ3n) is 10.6. The lowest BCUT2D eigenvalue weighted by Gasteiger charge is -2.41. The fourth-order valence-electron chi connectivity index (χ4n) is 7.25. The molecule has 0 radical (unpaired) electrons. The minimum absolute atomic E-state index is 0.0917. The van der Waals surface area contributed by atoms with E-state index in [0.29, 0.717) is 39.0 Å². The maximum atomic E-state index is 14.3. The summed E-state index contributed by atoms with van der Waals surface area (Å²) in [5.74, 6) is -11.6. The van der Waals surface area contributed by atoms with Crippen LogP contribution in [0.25, 0.3) is 33.7 Å². The number of aliphatic hydroxyl groups is 1. The molecule has 0 saturated carbocycles. The minimum Gasteiger partial charge on any atom is -0.431 e. The number of thioether (sulfide) groups is 1. The number of halogens is 5. The predicted octanol–water partition coefficient (Wildman–Crippen LogP) is 11.4. The van der Waals surface area contributed by atoms with E-state index in [1.54, 1.807) is 24.3 Å². The first-order chi connectivity index (χ1) is 29.6. The monoisotopic (exact) mass is 848 g/mol. The van der Waals surface area contributed by atoms with Crippen molar-refractivity contribution in [3.8, 4) is 33.7 Å². The fraction of sp³-hybridized carbons (Fsp3) is 0.167. The van der Waals surface area contributed by atoms with Crippen LogP contribution in [0.15, 0.2) is 143 Å². The molecule has 0 unspecified atom stereocenters. The third-order valence-corrected chi connectivity index (χ3v) is 11.5. The zero-order valence-corrected chi connectivity index (χ0v) is 33.3. The van der Waals surface area contributed by atoms with Crippen LogP contribution in [0.2, 0.25) is 0 Å². The average molecular weight is 849 g/mol. The molecule has 13 heteroatoms. The number of carbonyl (C=O) groups excluding carboxylic acids is 1. The number of rotatable bonds is 12. The second-order valence-corrected chi connectivity index (χ2v) is 15.4. The normalized spacial score (nSPS) is 17.6. The summed E-state index contributed by atoms with van der Waals surface area (Å²) in [5, 5.41) is 12.5. The summed E-state index contributed by atoms with van der Waals surface area (Å²) in [5.41, 5.74) is 5.30. The van der Waals surface area contributed by atoms with E-state index in [-0.39, 0.29) is 31.3 Å². The molecule has 61 heavy (non-hydrogen) atoms. The number of benzene rings is 6. The van der Waals surface area contributed by atoms with Crippen LogP contribution in [0.4, 0.5) is 22.0 Å². The number of carbonyl (C=O) groups is 1. The van der Waals surface area contributed by atoms with E-state index < -0.39 is 46.8 Å². The van der Waals surface area contributed by atoms with Gasteiger partial charge in [0.25, 0.3) is 11.1 Å². The van der Waals surface area contributed by atoms with Crippen LogP contribution in [0, 0.1) is 35.0 Å². The molecule has 1 aliphatic rings. The molecule has 1 aromatic heterocycles. The number of hydrogen-bond donors (Lipinski definition) is 2. The SMILES string of the molecule is C[C@@H]1[C@H](CSc2nc(-c3ccccc3)c(-c3ccccc3)o2)O[C@H](c2ccc(-c3ccccc3CNC(=O)c3c(F)c(F)c(F)c(F)c3F)cc2)O[C@@H]1c1ccc(CO)cc1. The summed E-state index contributed by atoms with van der Waals surface area (Å²) in [6, 6.07) is 41.6. The number of ether oxygens (including phenoxy) is 2. The van der Waals surface area contributed by atoms with Crippen molar-refractivity contribution in [2.45, 2.75) is 43.8 Å². The average Bonchev–Trinajstić information content (AvgIpc) is 3.74.